The van der Waals surface area contributed by atoms with Crippen molar-refractivity contribution in [3.05, 3.63) is 12.7 Å². The number of hydrogen-bond donors (Lipinski definition) is 0. The second-order valence-corrected chi connectivity index (χ2v) is 5.04. The number of rotatable bonds is 10. The minimum Gasteiger partial charge on any atom is -0.370 e. The fourth-order valence-corrected chi connectivity index (χ4v) is 1.94. The molecule has 1 atom stereocenters. The lowest BCUT2D eigenvalue weighted by atomic mass is 10.0. The van der Waals surface area contributed by atoms with Gasteiger partial charge in [0.15, 0.2) is 0 Å². The molecule has 0 aromatic rings. The Hall–Kier alpha value is -0.300. The molecule has 1 aliphatic rings. The Morgan fingerprint density at radius 3 is 2.13 bits per heavy atom. The van der Waals surface area contributed by atoms with E-state index in [1.807, 2.05) is 6.08 Å². The molecular formula is C14H26O. The number of hydrogen-bond acceptors (Lipinski definition) is 1. The van der Waals surface area contributed by atoms with E-state index in [9.17, 15) is 0 Å². The molecule has 0 amide bonds. The summed E-state index contributed by atoms with van der Waals surface area (Å²) in [7, 11) is 0. The highest BCUT2D eigenvalue weighted by Gasteiger charge is 2.37. The van der Waals surface area contributed by atoms with Gasteiger partial charge in [0.2, 0.25) is 0 Å². The molecule has 0 radical (unpaired) electrons. The van der Waals surface area contributed by atoms with Crippen molar-refractivity contribution in [2.75, 3.05) is 6.61 Å². The lowest BCUT2D eigenvalue weighted by Crippen LogP contribution is -2.02. The molecule has 1 nitrogen and oxygen atoms in total. The van der Waals surface area contributed by atoms with Gasteiger partial charge in [0.1, 0.15) is 0 Å². The van der Waals surface area contributed by atoms with Crippen molar-refractivity contribution in [1.29, 1.82) is 0 Å². The molecule has 1 fully saturated rings. The Labute approximate surface area is 94.9 Å². The van der Waals surface area contributed by atoms with Gasteiger partial charge < -0.3 is 4.74 Å². The zero-order chi connectivity index (χ0) is 11.0. The summed E-state index contributed by atoms with van der Waals surface area (Å²) in [5.74, 6) is 0. The van der Waals surface area contributed by atoms with Crippen LogP contribution in [-0.4, -0.2) is 12.2 Å². The van der Waals surface area contributed by atoms with Gasteiger partial charge in [-0.15, -0.1) is 6.58 Å². The van der Waals surface area contributed by atoms with Crippen molar-refractivity contribution in [3.63, 3.8) is 0 Å². The van der Waals surface area contributed by atoms with E-state index in [0.29, 0.717) is 0 Å². The van der Waals surface area contributed by atoms with Crippen molar-refractivity contribution in [2.45, 2.75) is 70.3 Å². The molecule has 1 heterocycles. The SMILES string of the molecule is C=CCCCCCCCCCC1(C)CO1. The molecule has 0 spiro atoms. The summed E-state index contributed by atoms with van der Waals surface area (Å²) >= 11 is 0. The molecule has 0 aliphatic carbocycles. The van der Waals surface area contributed by atoms with E-state index >= 15 is 0 Å². The molecule has 1 saturated heterocycles. The second kappa shape index (κ2) is 7.05. The van der Waals surface area contributed by atoms with Crippen molar-refractivity contribution in [1.82, 2.24) is 0 Å². The highest BCUT2D eigenvalue weighted by Crippen LogP contribution is 2.31. The smallest absolute Gasteiger partial charge is 0.0888 e. The van der Waals surface area contributed by atoms with Crippen molar-refractivity contribution >= 4 is 0 Å². The van der Waals surface area contributed by atoms with E-state index in [-0.39, 0.29) is 5.60 Å². The first-order valence-electron chi connectivity index (χ1n) is 6.52. The van der Waals surface area contributed by atoms with Gasteiger partial charge in [0.25, 0.3) is 0 Å². The average molecular weight is 210 g/mol. The van der Waals surface area contributed by atoms with Gasteiger partial charge in [0.05, 0.1) is 12.2 Å². The first kappa shape index (κ1) is 12.8. The van der Waals surface area contributed by atoms with Crippen LogP contribution in [0.25, 0.3) is 0 Å². The third kappa shape index (κ3) is 6.72. The van der Waals surface area contributed by atoms with Crippen LogP contribution in [0.3, 0.4) is 0 Å². The van der Waals surface area contributed by atoms with Crippen LogP contribution < -0.4 is 0 Å². The minimum atomic E-state index is 0.282. The summed E-state index contributed by atoms with van der Waals surface area (Å²) in [4.78, 5) is 0. The number of ether oxygens (including phenoxy) is 1. The lowest BCUT2D eigenvalue weighted by molar-refractivity contribution is 0.301. The average Bonchev–Trinajstić information content (AvgIpc) is 2.95. The largest absolute Gasteiger partial charge is 0.370 e. The third-order valence-electron chi connectivity index (χ3n) is 3.25. The zero-order valence-corrected chi connectivity index (χ0v) is 10.3. The van der Waals surface area contributed by atoms with Gasteiger partial charge >= 0.3 is 0 Å². The summed E-state index contributed by atoms with van der Waals surface area (Å²) in [6, 6.07) is 0. The van der Waals surface area contributed by atoms with E-state index in [1.165, 1.54) is 57.8 Å². The standard InChI is InChI=1S/C14H26O/c1-3-4-5-6-7-8-9-10-11-12-14(2)13-15-14/h3H,1,4-13H2,2H3. The fourth-order valence-electron chi connectivity index (χ4n) is 1.94. The second-order valence-electron chi connectivity index (χ2n) is 5.04. The number of epoxide rings is 1. The molecule has 88 valence electrons. The summed E-state index contributed by atoms with van der Waals surface area (Å²) < 4.78 is 5.36. The third-order valence-corrected chi connectivity index (χ3v) is 3.25. The normalized spacial score (nSPS) is 24.1. The first-order valence-corrected chi connectivity index (χ1v) is 6.52. The maximum absolute atomic E-state index is 5.36. The molecule has 0 saturated carbocycles. The molecule has 0 bridgehead atoms. The van der Waals surface area contributed by atoms with Gasteiger partial charge in [-0.2, -0.15) is 0 Å². The van der Waals surface area contributed by atoms with Gasteiger partial charge in [-0.3, -0.25) is 0 Å². The predicted molar refractivity (Wildman–Crippen MR) is 66.1 cm³/mol. The molecular weight excluding hydrogens is 184 g/mol. The van der Waals surface area contributed by atoms with E-state index in [1.54, 1.807) is 0 Å². The maximum Gasteiger partial charge on any atom is 0.0888 e. The van der Waals surface area contributed by atoms with Crippen LogP contribution in [0.2, 0.25) is 0 Å². The quantitative estimate of drug-likeness (QED) is 0.294. The van der Waals surface area contributed by atoms with Crippen molar-refractivity contribution in [2.24, 2.45) is 0 Å². The van der Waals surface area contributed by atoms with Gasteiger partial charge in [-0.05, 0) is 26.2 Å². The van der Waals surface area contributed by atoms with E-state index in [0.717, 1.165) is 6.61 Å². The topological polar surface area (TPSA) is 12.5 Å². The Morgan fingerprint density at radius 1 is 1.07 bits per heavy atom. The van der Waals surface area contributed by atoms with E-state index < -0.39 is 0 Å². The van der Waals surface area contributed by atoms with Crippen molar-refractivity contribution < 1.29 is 4.74 Å². The highest BCUT2D eigenvalue weighted by molar-refractivity contribution is 4.86. The predicted octanol–water partition coefficient (Wildman–Crippen LogP) is 4.47. The molecule has 1 heteroatoms. The fraction of sp³-hybridized carbons (Fsp3) is 0.857. The van der Waals surface area contributed by atoms with Crippen LogP contribution in [0, 0.1) is 0 Å². The molecule has 0 aromatic heterocycles. The summed E-state index contributed by atoms with van der Waals surface area (Å²) in [5, 5.41) is 0. The Kier molecular flexibility index (Phi) is 6.00. The zero-order valence-electron chi connectivity index (χ0n) is 10.3. The molecule has 0 N–H and O–H groups in total. The highest BCUT2D eigenvalue weighted by atomic mass is 16.6. The van der Waals surface area contributed by atoms with Crippen molar-refractivity contribution in [3.8, 4) is 0 Å². The van der Waals surface area contributed by atoms with Crippen LogP contribution in [0.1, 0.15) is 64.7 Å². The molecule has 15 heavy (non-hydrogen) atoms. The summed E-state index contributed by atoms with van der Waals surface area (Å²) in [5.41, 5.74) is 0.282. The minimum absolute atomic E-state index is 0.282. The van der Waals surface area contributed by atoms with E-state index in [2.05, 4.69) is 13.5 Å². The van der Waals surface area contributed by atoms with E-state index in [4.69, 9.17) is 4.74 Å². The van der Waals surface area contributed by atoms with Crippen LogP contribution in [0.4, 0.5) is 0 Å². The molecule has 1 aliphatic heterocycles. The number of unbranched alkanes of at least 4 members (excludes halogenated alkanes) is 7. The monoisotopic (exact) mass is 210 g/mol. The van der Waals surface area contributed by atoms with Gasteiger partial charge in [-0.1, -0.05) is 44.6 Å². The maximum atomic E-state index is 5.36. The first-order chi connectivity index (χ1) is 7.27. The summed E-state index contributed by atoms with van der Waals surface area (Å²) in [6.07, 6.45) is 14.2. The van der Waals surface area contributed by atoms with Gasteiger partial charge in [-0.25, -0.2) is 0 Å². The molecule has 0 aromatic carbocycles. The molecule has 1 unspecified atom stereocenters. The Bertz CT molecular complexity index is 170. The lowest BCUT2D eigenvalue weighted by Gasteiger charge is -2.04. The van der Waals surface area contributed by atoms with Crippen LogP contribution in [-0.2, 0) is 4.74 Å². The number of allylic oxidation sites excluding steroid dienone is 1. The Morgan fingerprint density at radius 2 is 1.60 bits per heavy atom. The van der Waals surface area contributed by atoms with Crippen LogP contribution in [0.15, 0.2) is 12.7 Å². The molecule has 1 rings (SSSR count). The van der Waals surface area contributed by atoms with Crippen LogP contribution >= 0.6 is 0 Å². The van der Waals surface area contributed by atoms with Gasteiger partial charge in [0, 0.05) is 0 Å². The summed E-state index contributed by atoms with van der Waals surface area (Å²) in [6.45, 7) is 6.96. The Balaban J connectivity index is 1.71. The van der Waals surface area contributed by atoms with Crippen LogP contribution in [0.5, 0.6) is 0 Å².